The van der Waals surface area contributed by atoms with Crippen LogP contribution in [-0.4, -0.2) is 38.2 Å². The Morgan fingerprint density at radius 1 is 1.24 bits per heavy atom. The number of hydrogen-bond donors (Lipinski definition) is 1. The molecule has 0 atom stereocenters. The zero-order chi connectivity index (χ0) is 15.7. The maximum absolute atomic E-state index is 11.7. The number of alkyl carbamates (subject to hydrolysis) is 1. The second kappa shape index (κ2) is 8.63. The second-order valence-corrected chi connectivity index (χ2v) is 4.56. The maximum atomic E-state index is 11.7. The number of ether oxygens (including phenoxy) is 2. The third-order valence-electron chi connectivity index (χ3n) is 2.45. The molecule has 1 N–H and O–H groups in total. The van der Waals surface area contributed by atoms with Gasteiger partial charge in [0.15, 0.2) is 0 Å². The van der Waals surface area contributed by atoms with Gasteiger partial charge in [0, 0.05) is 26.0 Å². The molecule has 6 heteroatoms. The fourth-order valence-electron chi connectivity index (χ4n) is 1.55. The number of rotatable bonds is 6. The highest BCUT2D eigenvalue weighted by molar-refractivity contribution is 5.75. The largest absolute Gasteiger partial charge is 0.469 e. The summed E-state index contributed by atoms with van der Waals surface area (Å²) >= 11 is 0. The molecular formula is C15H20N2O4. The third kappa shape index (κ3) is 7.00. The molecular weight excluding hydrogens is 272 g/mol. The summed E-state index contributed by atoms with van der Waals surface area (Å²) in [5.74, 6) is -0.438. The minimum atomic E-state index is -0.615. The third-order valence-corrected chi connectivity index (χ3v) is 2.45. The predicted molar refractivity (Wildman–Crippen MR) is 78.2 cm³/mol. The van der Waals surface area contributed by atoms with Crippen molar-refractivity contribution >= 4 is 12.1 Å². The fourth-order valence-corrected chi connectivity index (χ4v) is 1.55. The standard InChI is InChI=1S/C15H20N2O4/c1-17(2)10-13(9-14(18)20-3)16-15(19)21-11-12-7-5-4-6-8-12/h4-8,10H,9,11H2,1-3H3,(H,16,19)/b13-10-. The van der Waals surface area contributed by atoms with Gasteiger partial charge < -0.3 is 14.4 Å². The van der Waals surface area contributed by atoms with Crippen molar-refractivity contribution in [2.75, 3.05) is 21.2 Å². The predicted octanol–water partition coefficient (Wildman–Crippen LogP) is 1.88. The molecule has 0 unspecified atom stereocenters. The first kappa shape index (κ1) is 16.6. The molecule has 0 saturated heterocycles. The number of amides is 1. The SMILES string of the molecule is COC(=O)C/C(=C/N(C)C)NC(=O)OCc1ccccc1. The number of carbonyl (C=O) groups is 2. The van der Waals surface area contributed by atoms with Crippen LogP contribution in [0.3, 0.4) is 0 Å². The smallest absolute Gasteiger partial charge is 0.411 e. The van der Waals surface area contributed by atoms with Crippen LogP contribution in [0.2, 0.25) is 0 Å². The van der Waals surface area contributed by atoms with Gasteiger partial charge in [0.2, 0.25) is 0 Å². The van der Waals surface area contributed by atoms with Crippen molar-refractivity contribution in [3.63, 3.8) is 0 Å². The Balaban J connectivity index is 2.53. The molecule has 0 radical (unpaired) electrons. The summed E-state index contributed by atoms with van der Waals surface area (Å²) in [5, 5.41) is 2.54. The number of carbonyl (C=O) groups excluding carboxylic acids is 2. The minimum Gasteiger partial charge on any atom is -0.469 e. The van der Waals surface area contributed by atoms with E-state index in [9.17, 15) is 9.59 Å². The van der Waals surface area contributed by atoms with Gasteiger partial charge in [-0.3, -0.25) is 10.1 Å². The van der Waals surface area contributed by atoms with Crippen LogP contribution in [0.4, 0.5) is 4.79 Å². The molecule has 0 fully saturated rings. The monoisotopic (exact) mass is 292 g/mol. The van der Waals surface area contributed by atoms with Gasteiger partial charge in [-0.15, -0.1) is 0 Å². The van der Waals surface area contributed by atoms with E-state index in [1.165, 1.54) is 7.11 Å². The summed E-state index contributed by atoms with van der Waals surface area (Å²) in [6.07, 6.45) is 0.978. The Labute approximate surface area is 124 Å². The van der Waals surface area contributed by atoms with Gasteiger partial charge >= 0.3 is 12.1 Å². The van der Waals surface area contributed by atoms with Gasteiger partial charge in [-0.05, 0) is 5.56 Å². The minimum absolute atomic E-state index is 0.0326. The normalized spacial score (nSPS) is 10.7. The molecule has 0 aromatic heterocycles. The van der Waals surface area contributed by atoms with Crippen LogP contribution < -0.4 is 5.32 Å². The molecule has 0 spiro atoms. The van der Waals surface area contributed by atoms with E-state index in [1.54, 1.807) is 25.2 Å². The maximum Gasteiger partial charge on any atom is 0.411 e. The van der Waals surface area contributed by atoms with Gasteiger partial charge in [0.25, 0.3) is 0 Å². The van der Waals surface area contributed by atoms with Gasteiger partial charge in [-0.1, -0.05) is 30.3 Å². The number of hydrogen-bond acceptors (Lipinski definition) is 5. The van der Waals surface area contributed by atoms with Gasteiger partial charge in [-0.25, -0.2) is 4.79 Å². The molecule has 21 heavy (non-hydrogen) atoms. The molecule has 0 aliphatic rings. The van der Waals surface area contributed by atoms with Crippen LogP contribution in [0.1, 0.15) is 12.0 Å². The number of esters is 1. The molecule has 1 aromatic rings. The Morgan fingerprint density at radius 3 is 2.48 bits per heavy atom. The first-order chi connectivity index (χ1) is 10.0. The van der Waals surface area contributed by atoms with Crippen LogP contribution in [0.25, 0.3) is 0 Å². The molecule has 1 amide bonds. The van der Waals surface area contributed by atoms with Crippen molar-refractivity contribution in [3.05, 3.63) is 47.8 Å². The molecule has 0 aliphatic carbocycles. The van der Waals surface area contributed by atoms with Crippen LogP contribution in [-0.2, 0) is 20.9 Å². The number of nitrogens with zero attached hydrogens (tertiary/aromatic N) is 1. The number of methoxy groups -OCH3 is 1. The molecule has 6 nitrogen and oxygen atoms in total. The van der Waals surface area contributed by atoms with Crippen molar-refractivity contribution in [1.29, 1.82) is 0 Å². The van der Waals surface area contributed by atoms with Crippen molar-refractivity contribution in [3.8, 4) is 0 Å². The van der Waals surface area contributed by atoms with Crippen molar-refractivity contribution in [2.24, 2.45) is 0 Å². The highest BCUT2D eigenvalue weighted by Gasteiger charge is 2.11. The summed E-state index contributed by atoms with van der Waals surface area (Å²) in [6, 6.07) is 9.34. The molecule has 0 bridgehead atoms. The van der Waals surface area contributed by atoms with E-state index in [1.807, 2.05) is 30.3 Å². The lowest BCUT2D eigenvalue weighted by atomic mass is 10.2. The summed E-state index contributed by atoms with van der Waals surface area (Å²) in [4.78, 5) is 24.7. The molecule has 0 aliphatic heterocycles. The summed E-state index contributed by atoms with van der Waals surface area (Å²) < 4.78 is 9.68. The Bertz CT molecular complexity index is 498. The Hall–Kier alpha value is -2.50. The van der Waals surface area contributed by atoms with Crippen LogP contribution in [0.5, 0.6) is 0 Å². The zero-order valence-electron chi connectivity index (χ0n) is 12.5. The molecule has 1 aromatic carbocycles. The lowest BCUT2D eigenvalue weighted by Crippen LogP contribution is -2.26. The first-order valence-electron chi connectivity index (χ1n) is 6.43. The summed E-state index contributed by atoms with van der Waals surface area (Å²) in [7, 11) is 4.87. The van der Waals surface area contributed by atoms with E-state index in [0.29, 0.717) is 5.70 Å². The van der Waals surface area contributed by atoms with Crippen molar-refractivity contribution in [2.45, 2.75) is 13.0 Å². The molecule has 114 valence electrons. The van der Waals surface area contributed by atoms with Crippen molar-refractivity contribution < 1.29 is 19.1 Å². The van der Waals surface area contributed by atoms with E-state index in [2.05, 4.69) is 10.1 Å². The first-order valence-corrected chi connectivity index (χ1v) is 6.43. The van der Waals surface area contributed by atoms with Crippen LogP contribution >= 0.6 is 0 Å². The lowest BCUT2D eigenvalue weighted by Gasteiger charge is -2.13. The summed E-state index contributed by atoms with van der Waals surface area (Å²) in [6.45, 7) is 0.167. The van der Waals surface area contributed by atoms with Crippen LogP contribution in [0.15, 0.2) is 42.2 Å². The van der Waals surface area contributed by atoms with Crippen molar-refractivity contribution in [1.82, 2.24) is 10.2 Å². The highest BCUT2D eigenvalue weighted by atomic mass is 16.5. The molecule has 0 saturated carbocycles. The Morgan fingerprint density at radius 2 is 1.90 bits per heavy atom. The van der Waals surface area contributed by atoms with E-state index in [4.69, 9.17) is 4.74 Å². The average Bonchev–Trinajstić information content (AvgIpc) is 2.45. The average molecular weight is 292 g/mol. The van der Waals surface area contributed by atoms with E-state index >= 15 is 0 Å². The zero-order valence-corrected chi connectivity index (χ0v) is 12.5. The van der Waals surface area contributed by atoms with Crippen LogP contribution in [0, 0.1) is 0 Å². The van der Waals surface area contributed by atoms with E-state index in [-0.39, 0.29) is 13.0 Å². The summed E-state index contributed by atoms with van der Waals surface area (Å²) in [5.41, 5.74) is 1.30. The van der Waals surface area contributed by atoms with E-state index in [0.717, 1.165) is 5.56 Å². The molecule has 0 heterocycles. The highest BCUT2D eigenvalue weighted by Crippen LogP contribution is 2.04. The fraction of sp³-hybridized carbons (Fsp3) is 0.333. The number of benzene rings is 1. The van der Waals surface area contributed by atoms with Gasteiger partial charge in [-0.2, -0.15) is 0 Å². The quantitative estimate of drug-likeness (QED) is 0.811. The molecule has 1 rings (SSSR count). The lowest BCUT2D eigenvalue weighted by molar-refractivity contribution is -0.139. The number of nitrogens with one attached hydrogen (secondary N) is 1. The second-order valence-electron chi connectivity index (χ2n) is 4.56. The Kier molecular flexibility index (Phi) is 6.80. The van der Waals surface area contributed by atoms with Gasteiger partial charge in [0.05, 0.1) is 13.5 Å². The topological polar surface area (TPSA) is 67.9 Å². The van der Waals surface area contributed by atoms with Gasteiger partial charge in [0.1, 0.15) is 6.61 Å². The van der Waals surface area contributed by atoms with E-state index < -0.39 is 12.1 Å².